The monoisotopic (exact) mass is 373 g/mol. The quantitative estimate of drug-likeness (QED) is 0.811. The second-order valence-corrected chi connectivity index (χ2v) is 8.66. The van der Waals surface area contributed by atoms with Gasteiger partial charge in [-0.2, -0.15) is 0 Å². The summed E-state index contributed by atoms with van der Waals surface area (Å²) in [6, 6.07) is 14.7. The summed E-state index contributed by atoms with van der Waals surface area (Å²) in [6.45, 7) is 2.07. The van der Waals surface area contributed by atoms with E-state index in [0.717, 1.165) is 18.4 Å². The number of Topliss-reactive ketones (excluding diaryl/α,β-unsaturated/α-hetero) is 1. The second-order valence-electron chi connectivity index (χ2n) is 6.68. The molecule has 0 aromatic heterocycles. The third-order valence-electron chi connectivity index (χ3n) is 4.60. The van der Waals surface area contributed by atoms with Crippen LogP contribution in [0.25, 0.3) is 0 Å². The van der Waals surface area contributed by atoms with Gasteiger partial charge in [0, 0.05) is 24.5 Å². The van der Waals surface area contributed by atoms with Crippen LogP contribution >= 0.6 is 0 Å². The topological polar surface area (TPSA) is 72.5 Å². The number of ether oxygens (including phenoxy) is 1. The van der Waals surface area contributed by atoms with Crippen molar-refractivity contribution in [3.63, 3.8) is 0 Å². The maximum absolute atomic E-state index is 12.1. The van der Waals surface area contributed by atoms with Crippen LogP contribution in [0.1, 0.15) is 41.8 Å². The molecule has 138 valence electrons. The Morgan fingerprint density at radius 1 is 1.15 bits per heavy atom. The van der Waals surface area contributed by atoms with Gasteiger partial charge in [-0.05, 0) is 43.5 Å². The second kappa shape index (κ2) is 7.60. The van der Waals surface area contributed by atoms with E-state index in [1.165, 1.54) is 19.2 Å². The van der Waals surface area contributed by atoms with Crippen LogP contribution in [-0.2, 0) is 14.6 Å². The Morgan fingerprint density at radius 3 is 2.54 bits per heavy atom. The third-order valence-corrected chi connectivity index (χ3v) is 5.76. The zero-order valence-electron chi connectivity index (χ0n) is 14.9. The van der Waals surface area contributed by atoms with Crippen LogP contribution in [0.4, 0.5) is 5.69 Å². The van der Waals surface area contributed by atoms with Gasteiger partial charge in [-0.1, -0.05) is 30.3 Å². The van der Waals surface area contributed by atoms with Crippen LogP contribution < -0.4 is 5.32 Å². The Balaban J connectivity index is 1.85. The highest BCUT2D eigenvalue weighted by molar-refractivity contribution is 7.90. The molecule has 1 N–H and O–H groups in total. The Hall–Kier alpha value is -2.18. The molecule has 26 heavy (non-hydrogen) atoms. The van der Waals surface area contributed by atoms with E-state index in [0.29, 0.717) is 17.9 Å². The van der Waals surface area contributed by atoms with Crippen LogP contribution in [0.3, 0.4) is 0 Å². The van der Waals surface area contributed by atoms with Crippen molar-refractivity contribution in [1.82, 2.24) is 0 Å². The highest BCUT2D eigenvalue weighted by Crippen LogP contribution is 2.31. The standard InChI is InChI=1S/C20H23NO4S/c1-14(22)16-8-9-20(26(2,23)24)18(12-16)21-17-10-11-25-19(13-17)15-6-4-3-5-7-15/h3-9,12,17,19,21H,10-11,13H2,1-2H3. The SMILES string of the molecule is CC(=O)c1ccc(S(C)(=O)=O)c(NC2CCOC(c3ccccc3)C2)c1. The third kappa shape index (κ3) is 4.31. The van der Waals surface area contributed by atoms with E-state index in [9.17, 15) is 13.2 Å². The van der Waals surface area contributed by atoms with Gasteiger partial charge >= 0.3 is 0 Å². The molecule has 2 aromatic carbocycles. The molecule has 0 bridgehead atoms. The molecule has 3 rings (SSSR count). The lowest BCUT2D eigenvalue weighted by Crippen LogP contribution is -2.30. The summed E-state index contributed by atoms with van der Waals surface area (Å²) < 4.78 is 30.1. The smallest absolute Gasteiger partial charge is 0.177 e. The fourth-order valence-corrected chi connectivity index (χ4v) is 4.07. The number of carbonyl (C=O) groups excluding carboxylic acids is 1. The molecule has 1 saturated heterocycles. The zero-order valence-corrected chi connectivity index (χ0v) is 15.8. The van der Waals surface area contributed by atoms with Gasteiger partial charge in [-0.25, -0.2) is 8.42 Å². The molecule has 2 atom stereocenters. The van der Waals surface area contributed by atoms with E-state index < -0.39 is 9.84 Å². The summed E-state index contributed by atoms with van der Waals surface area (Å²) in [5, 5.41) is 3.34. The highest BCUT2D eigenvalue weighted by Gasteiger charge is 2.25. The first kappa shape index (κ1) is 18.6. The first-order valence-corrected chi connectivity index (χ1v) is 10.5. The average Bonchev–Trinajstić information content (AvgIpc) is 2.61. The Bertz CT molecular complexity index is 893. The number of benzene rings is 2. The van der Waals surface area contributed by atoms with E-state index >= 15 is 0 Å². The molecule has 1 aliphatic heterocycles. The van der Waals surface area contributed by atoms with Crippen molar-refractivity contribution in [2.24, 2.45) is 0 Å². The minimum absolute atomic E-state index is 0.0277. The Morgan fingerprint density at radius 2 is 1.88 bits per heavy atom. The number of ketones is 1. The minimum atomic E-state index is -3.40. The normalized spacial score (nSPS) is 20.5. The summed E-state index contributed by atoms with van der Waals surface area (Å²) in [6.07, 6.45) is 2.66. The Kier molecular flexibility index (Phi) is 5.44. The number of hydrogen-bond acceptors (Lipinski definition) is 5. The Labute approximate surface area is 154 Å². The summed E-state index contributed by atoms with van der Waals surface area (Å²) in [5.41, 5.74) is 2.09. The van der Waals surface area contributed by atoms with Crippen LogP contribution in [0.5, 0.6) is 0 Å². The number of hydrogen-bond donors (Lipinski definition) is 1. The molecule has 0 aliphatic carbocycles. The van der Waals surface area contributed by atoms with Crippen LogP contribution in [-0.4, -0.2) is 33.1 Å². The summed E-state index contributed by atoms with van der Waals surface area (Å²) in [7, 11) is -3.40. The van der Waals surface area contributed by atoms with Crippen molar-refractivity contribution in [3.8, 4) is 0 Å². The molecule has 2 unspecified atom stereocenters. The fourth-order valence-electron chi connectivity index (χ4n) is 3.23. The van der Waals surface area contributed by atoms with Crippen LogP contribution in [0, 0.1) is 0 Å². The van der Waals surface area contributed by atoms with Gasteiger partial charge in [0.25, 0.3) is 0 Å². The molecule has 0 amide bonds. The van der Waals surface area contributed by atoms with Gasteiger partial charge < -0.3 is 10.1 Å². The minimum Gasteiger partial charge on any atom is -0.381 e. The molecule has 0 radical (unpaired) electrons. The number of rotatable bonds is 5. The lowest BCUT2D eigenvalue weighted by Gasteiger charge is -2.31. The van der Waals surface area contributed by atoms with E-state index in [1.807, 2.05) is 30.3 Å². The molecular formula is C20H23NO4S. The molecule has 1 aliphatic rings. The van der Waals surface area contributed by atoms with Gasteiger partial charge in [-0.15, -0.1) is 0 Å². The van der Waals surface area contributed by atoms with Crippen molar-refractivity contribution in [3.05, 3.63) is 59.7 Å². The maximum atomic E-state index is 12.1. The van der Waals surface area contributed by atoms with Gasteiger partial charge in [0.1, 0.15) is 0 Å². The van der Waals surface area contributed by atoms with Crippen molar-refractivity contribution in [2.75, 3.05) is 18.2 Å². The maximum Gasteiger partial charge on any atom is 0.177 e. The van der Waals surface area contributed by atoms with E-state index in [-0.39, 0.29) is 22.8 Å². The predicted octanol–water partition coefficient (Wildman–Crippen LogP) is 3.62. The summed E-state index contributed by atoms with van der Waals surface area (Å²) in [4.78, 5) is 11.9. The van der Waals surface area contributed by atoms with Crippen molar-refractivity contribution in [2.45, 2.75) is 36.8 Å². The molecule has 0 spiro atoms. The van der Waals surface area contributed by atoms with Gasteiger partial charge in [-0.3, -0.25) is 4.79 Å². The first-order valence-electron chi connectivity index (χ1n) is 8.63. The summed E-state index contributed by atoms with van der Waals surface area (Å²) in [5.74, 6) is -0.0951. The van der Waals surface area contributed by atoms with Crippen LogP contribution in [0.2, 0.25) is 0 Å². The molecule has 1 fully saturated rings. The molecular weight excluding hydrogens is 350 g/mol. The van der Waals surface area contributed by atoms with E-state index in [1.54, 1.807) is 12.1 Å². The number of anilines is 1. The molecule has 2 aromatic rings. The van der Waals surface area contributed by atoms with Gasteiger partial charge in [0.2, 0.25) is 0 Å². The predicted molar refractivity (Wildman–Crippen MR) is 101 cm³/mol. The largest absolute Gasteiger partial charge is 0.381 e. The highest BCUT2D eigenvalue weighted by atomic mass is 32.2. The molecule has 6 heteroatoms. The summed E-state index contributed by atoms with van der Waals surface area (Å²) >= 11 is 0. The lowest BCUT2D eigenvalue weighted by atomic mass is 9.97. The molecule has 1 heterocycles. The lowest BCUT2D eigenvalue weighted by molar-refractivity contribution is 0.00976. The average molecular weight is 373 g/mol. The number of carbonyl (C=O) groups is 1. The van der Waals surface area contributed by atoms with Gasteiger partial charge in [0.05, 0.1) is 16.7 Å². The van der Waals surface area contributed by atoms with Crippen LogP contribution in [0.15, 0.2) is 53.4 Å². The van der Waals surface area contributed by atoms with Crippen molar-refractivity contribution >= 4 is 21.3 Å². The van der Waals surface area contributed by atoms with Crippen molar-refractivity contribution < 1.29 is 17.9 Å². The van der Waals surface area contributed by atoms with Gasteiger partial charge in [0.15, 0.2) is 15.6 Å². The van der Waals surface area contributed by atoms with E-state index in [4.69, 9.17) is 4.74 Å². The first-order chi connectivity index (χ1) is 12.3. The molecule has 0 saturated carbocycles. The fraction of sp³-hybridized carbons (Fsp3) is 0.350. The van der Waals surface area contributed by atoms with Crippen molar-refractivity contribution in [1.29, 1.82) is 0 Å². The zero-order chi connectivity index (χ0) is 18.7. The number of nitrogens with one attached hydrogen (secondary N) is 1. The molecule has 5 nitrogen and oxygen atoms in total. The van der Waals surface area contributed by atoms with E-state index in [2.05, 4.69) is 5.32 Å². The number of sulfone groups is 1.